The van der Waals surface area contributed by atoms with Crippen LogP contribution < -0.4 is 9.84 Å². The summed E-state index contributed by atoms with van der Waals surface area (Å²) in [6, 6.07) is 82.1. The van der Waals surface area contributed by atoms with Gasteiger partial charge in [0.05, 0.1) is 10.8 Å². The molecule has 3 heteroatoms. The van der Waals surface area contributed by atoms with Gasteiger partial charge in [0, 0.05) is 21.6 Å². The molecule has 11 rings (SSSR count). The van der Waals surface area contributed by atoms with Crippen molar-refractivity contribution in [3.63, 3.8) is 0 Å². The van der Waals surface area contributed by atoms with Crippen molar-refractivity contribution < 1.29 is 9.47 Å². The SMILES string of the molecule is FOc1ccc(N(c2ccc(C3(c4ccccc4)c4ccccc4-c4ccccc43)cc2)c2ccc3c(c2)C(c2ccccc2)(c2ccccc2)c2ccccc2-3)cc1. The van der Waals surface area contributed by atoms with E-state index in [0.717, 1.165) is 17.1 Å². The minimum Gasteiger partial charge on any atom is -0.310 e. The normalized spacial score (nSPS) is 13.8. The minimum absolute atomic E-state index is 0.156. The first-order chi connectivity index (χ1) is 29.2. The molecule has 2 aliphatic carbocycles. The van der Waals surface area contributed by atoms with Crippen molar-refractivity contribution in [2.75, 3.05) is 4.90 Å². The number of rotatable bonds is 8. The number of hydrogen-bond acceptors (Lipinski definition) is 2. The lowest BCUT2D eigenvalue weighted by molar-refractivity contribution is -0.00618. The molecule has 0 radical (unpaired) electrons. The first-order valence-electron chi connectivity index (χ1n) is 20.1. The van der Waals surface area contributed by atoms with E-state index in [1.807, 2.05) is 12.1 Å². The molecule has 0 atom stereocenters. The van der Waals surface area contributed by atoms with Gasteiger partial charge in [-0.15, -0.1) is 0 Å². The predicted octanol–water partition coefficient (Wildman–Crippen LogP) is 14.1. The summed E-state index contributed by atoms with van der Waals surface area (Å²) < 4.78 is 13.5. The highest BCUT2D eigenvalue weighted by Crippen LogP contribution is 2.58. The van der Waals surface area contributed by atoms with Gasteiger partial charge in [-0.3, -0.25) is 4.94 Å². The zero-order valence-corrected chi connectivity index (χ0v) is 32.2. The summed E-state index contributed by atoms with van der Waals surface area (Å²) >= 11 is 0. The summed E-state index contributed by atoms with van der Waals surface area (Å²) in [5.41, 5.74) is 16.6. The fraction of sp³-hybridized carbons (Fsp3) is 0.0357. The maximum Gasteiger partial charge on any atom is 0.172 e. The molecule has 9 aromatic rings. The average molecular weight is 760 g/mol. The number of halogens is 1. The number of nitrogens with zero attached hydrogens (tertiary/aromatic N) is 1. The van der Waals surface area contributed by atoms with E-state index in [1.54, 1.807) is 12.1 Å². The molecule has 0 amide bonds. The van der Waals surface area contributed by atoms with E-state index in [9.17, 15) is 4.53 Å². The van der Waals surface area contributed by atoms with E-state index in [0.29, 0.717) is 0 Å². The van der Waals surface area contributed by atoms with E-state index in [1.165, 1.54) is 66.8 Å². The largest absolute Gasteiger partial charge is 0.310 e. The Morgan fingerprint density at radius 3 is 1.08 bits per heavy atom. The maximum atomic E-state index is 13.5. The lowest BCUT2D eigenvalue weighted by atomic mass is 9.67. The molecule has 0 unspecified atom stereocenters. The molecule has 0 heterocycles. The standard InChI is InChI=1S/C56H38FNO/c57-59-46-35-32-44(33-36-46)58(43-30-28-42(29-31-43)55(39-16-4-1-5-17-39)51-25-13-10-22-47(51)48-23-11-14-26-52(48)55)45-34-37-50-49-24-12-15-27-53(49)56(54(50)38-45,40-18-6-2-7-19-40)41-20-8-3-9-21-41/h1-38H. The monoisotopic (exact) mass is 759 g/mol. The van der Waals surface area contributed by atoms with Crippen LogP contribution in [0.4, 0.5) is 21.6 Å². The van der Waals surface area contributed by atoms with E-state index in [2.05, 4.69) is 216 Å². The van der Waals surface area contributed by atoms with Crippen LogP contribution in [-0.2, 0) is 10.8 Å². The van der Waals surface area contributed by atoms with Crippen LogP contribution >= 0.6 is 0 Å². The highest BCUT2D eigenvalue weighted by atomic mass is 19.3. The predicted molar refractivity (Wildman–Crippen MR) is 237 cm³/mol. The fourth-order valence-electron chi connectivity index (χ4n) is 10.2. The summed E-state index contributed by atoms with van der Waals surface area (Å²) in [7, 11) is 0. The molecular weight excluding hydrogens is 722 g/mol. The lowest BCUT2D eigenvalue weighted by Gasteiger charge is -2.35. The van der Waals surface area contributed by atoms with Crippen LogP contribution in [0.5, 0.6) is 5.75 Å². The van der Waals surface area contributed by atoms with Crippen molar-refractivity contribution in [2.45, 2.75) is 10.8 Å². The highest BCUT2D eigenvalue weighted by Gasteiger charge is 2.47. The number of benzene rings is 9. The second kappa shape index (κ2) is 13.9. The molecule has 2 nitrogen and oxygen atoms in total. The van der Waals surface area contributed by atoms with Gasteiger partial charge in [0.2, 0.25) is 0 Å². The van der Waals surface area contributed by atoms with Crippen molar-refractivity contribution in [1.29, 1.82) is 0 Å². The Labute approximate surface area is 344 Å². The van der Waals surface area contributed by atoms with Crippen molar-refractivity contribution in [2.24, 2.45) is 0 Å². The van der Waals surface area contributed by atoms with Crippen LogP contribution in [0.15, 0.2) is 231 Å². The minimum atomic E-state index is -0.558. The quantitative estimate of drug-likeness (QED) is 0.153. The third-order valence-electron chi connectivity index (χ3n) is 12.6. The lowest BCUT2D eigenvalue weighted by Crippen LogP contribution is -2.29. The van der Waals surface area contributed by atoms with Gasteiger partial charge in [0.25, 0.3) is 0 Å². The molecule has 59 heavy (non-hydrogen) atoms. The van der Waals surface area contributed by atoms with Gasteiger partial charge in [0.1, 0.15) is 0 Å². The van der Waals surface area contributed by atoms with Crippen LogP contribution in [0.2, 0.25) is 0 Å². The van der Waals surface area contributed by atoms with Gasteiger partial charge in [0.15, 0.2) is 5.75 Å². The fourth-order valence-corrected chi connectivity index (χ4v) is 10.2. The Balaban J connectivity index is 1.13. The second-order valence-corrected chi connectivity index (χ2v) is 15.4. The molecule has 0 N–H and O–H groups in total. The smallest absolute Gasteiger partial charge is 0.172 e. The van der Waals surface area contributed by atoms with Crippen molar-refractivity contribution in [3.8, 4) is 28.0 Å². The van der Waals surface area contributed by atoms with Crippen LogP contribution in [0.3, 0.4) is 0 Å². The van der Waals surface area contributed by atoms with Crippen LogP contribution in [0, 0.1) is 0 Å². The Hall–Kier alpha value is -7.49. The Kier molecular flexibility index (Phi) is 8.16. The molecule has 0 aliphatic heterocycles. The zero-order valence-electron chi connectivity index (χ0n) is 32.2. The van der Waals surface area contributed by atoms with Crippen LogP contribution in [0.25, 0.3) is 22.3 Å². The van der Waals surface area contributed by atoms with Gasteiger partial charge in [-0.2, -0.15) is 0 Å². The van der Waals surface area contributed by atoms with Crippen molar-refractivity contribution in [3.05, 3.63) is 275 Å². The van der Waals surface area contributed by atoms with Gasteiger partial charge in [-0.05, 0) is 115 Å². The van der Waals surface area contributed by atoms with E-state index in [4.69, 9.17) is 0 Å². The number of anilines is 3. The highest BCUT2D eigenvalue weighted by molar-refractivity contribution is 5.90. The average Bonchev–Trinajstić information content (AvgIpc) is 3.79. The summed E-state index contributed by atoms with van der Waals surface area (Å²) in [6.07, 6.45) is 0. The van der Waals surface area contributed by atoms with Gasteiger partial charge in [-0.25, -0.2) is 0 Å². The molecular formula is C56H38FNO. The molecule has 0 fully saturated rings. The van der Waals surface area contributed by atoms with Gasteiger partial charge < -0.3 is 4.90 Å². The van der Waals surface area contributed by atoms with Crippen LogP contribution in [-0.4, -0.2) is 0 Å². The van der Waals surface area contributed by atoms with Crippen molar-refractivity contribution in [1.82, 2.24) is 0 Å². The third kappa shape index (κ3) is 5.11. The summed E-state index contributed by atoms with van der Waals surface area (Å²) in [6.45, 7) is 0. The molecule has 0 saturated carbocycles. The molecule has 0 spiro atoms. The summed E-state index contributed by atoms with van der Waals surface area (Å²) in [5.74, 6) is 0.156. The molecule has 2 aliphatic rings. The number of fused-ring (bicyclic) bond motifs is 6. The van der Waals surface area contributed by atoms with E-state index < -0.39 is 10.8 Å². The van der Waals surface area contributed by atoms with Crippen molar-refractivity contribution >= 4 is 17.1 Å². The molecule has 280 valence electrons. The second-order valence-electron chi connectivity index (χ2n) is 15.4. The molecule has 0 bridgehead atoms. The summed E-state index contributed by atoms with van der Waals surface area (Å²) in [5, 5.41) is 0. The van der Waals surface area contributed by atoms with E-state index >= 15 is 0 Å². The Morgan fingerprint density at radius 2 is 0.644 bits per heavy atom. The first kappa shape index (κ1) is 34.7. The summed E-state index contributed by atoms with van der Waals surface area (Å²) in [4.78, 5) is 6.41. The topological polar surface area (TPSA) is 12.5 Å². The molecule has 9 aromatic carbocycles. The Morgan fingerprint density at radius 1 is 0.305 bits per heavy atom. The van der Waals surface area contributed by atoms with Gasteiger partial charge in [-0.1, -0.05) is 182 Å². The molecule has 0 aromatic heterocycles. The third-order valence-corrected chi connectivity index (χ3v) is 12.6. The van der Waals surface area contributed by atoms with Gasteiger partial charge >= 0.3 is 0 Å². The number of hydrogen-bond donors (Lipinski definition) is 0. The zero-order chi connectivity index (χ0) is 39.4. The Bertz CT molecular complexity index is 2880. The first-order valence-corrected chi connectivity index (χ1v) is 20.1. The van der Waals surface area contributed by atoms with E-state index in [-0.39, 0.29) is 5.75 Å². The molecule has 0 saturated heterocycles. The van der Waals surface area contributed by atoms with Crippen LogP contribution in [0.1, 0.15) is 44.5 Å². The maximum absolute atomic E-state index is 13.5.